The van der Waals surface area contributed by atoms with Crippen LogP contribution in [0.5, 0.6) is 0 Å². The summed E-state index contributed by atoms with van der Waals surface area (Å²) >= 11 is 1.06. The highest BCUT2D eigenvalue weighted by Crippen LogP contribution is 2.12. The van der Waals surface area contributed by atoms with Crippen molar-refractivity contribution >= 4 is 40.7 Å². The molecule has 2 N–H and O–H groups in total. The first-order valence-corrected chi connectivity index (χ1v) is 12.7. The van der Waals surface area contributed by atoms with Gasteiger partial charge in [-0.25, -0.2) is 4.79 Å². The third-order valence-corrected chi connectivity index (χ3v) is 6.31. The predicted molar refractivity (Wildman–Crippen MR) is 143 cm³/mol. The van der Waals surface area contributed by atoms with Crippen molar-refractivity contribution in [1.82, 2.24) is 14.8 Å². The van der Waals surface area contributed by atoms with Crippen LogP contribution in [0.15, 0.2) is 29.1 Å². The highest BCUT2D eigenvalue weighted by atomic mass is 32.1. The van der Waals surface area contributed by atoms with Gasteiger partial charge in [0.05, 0.1) is 6.61 Å². The van der Waals surface area contributed by atoms with Crippen LogP contribution in [0.25, 0.3) is 11.8 Å². The topological polar surface area (TPSA) is 116 Å². The maximum absolute atomic E-state index is 12.8. The molecule has 10 heteroatoms. The lowest BCUT2D eigenvalue weighted by atomic mass is 10.0. The second-order valence-corrected chi connectivity index (χ2v) is 10.2. The lowest BCUT2D eigenvalue weighted by Gasteiger charge is -2.29. The number of esters is 1. The largest absolute Gasteiger partial charge is 0.462 e. The molecular weight excluding hydrogens is 478 g/mol. The molecule has 0 radical (unpaired) electrons. The molecule has 0 saturated heterocycles. The molecule has 0 aliphatic heterocycles. The Bertz CT molecular complexity index is 1280. The van der Waals surface area contributed by atoms with Crippen molar-refractivity contribution in [2.24, 2.45) is 0 Å². The third kappa shape index (κ3) is 8.07. The van der Waals surface area contributed by atoms with E-state index in [0.717, 1.165) is 29.1 Å². The van der Waals surface area contributed by atoms with Gasteiger partial charge in [0.1, 0.15) is 15.3 Å². The molecule has 194 valence electrons. The average molecular weight is 514 g/mol. The monoisotopic (exact) mass is 513 g/mol. The second-order valence-electron chi connectivity index (χ2n) is 9.18. The van der Waals surface area contributed by atoms with E-state index in [0.29, 0.717) is 23.9 Å². The summed E-state index contributed by atoms with van der Waals surface area (Å²) in [5, 5.41) is 15.6. The minimum atomic E-state index is -0.742. The van der Waals surface area contributed by atoms with Gasteiger partial charge in [-0.05, 0) is 65.9 Å². The number of rotatable bonds is 11. The van der Waals surface area contributed by atoms with Gasteiger partial charge in [-0.1, -0.05) is 12.1 Å². The van der Waals surface area contributed by atoms with E-state index in [1.807, 2.05) is 63.2 Å². The van der Waals surface area contributed by atoms with Crippen LogP contribution in [0.1, 0.15) is 39.7 Å². The average Bonchev–Trinajstić information content (AvgIpc) is 3.11. The van der Waals surface area contributed by atoms with E-state index >= 15 is 0 Å². The molecule has 0 bridgehead atoms. The van der Waals surface area contributed by atoms with E-state index in [2.05, 4.69) is 10.6 Å². The first-order chi connectivity index (χ1) is 17.0. The van der Waals surface area contributed by atoms with Gasteiger partial charge in [0.25, 0.3) is 5.56 Å². The molecule has 0 aliphatic carbocycles. The summed E-state index contributed by atoms with van der Waals surface area (Å²) in [6, 6.07) is 9.48. The molecule has 1 aromatic carbocycles. The van der Waals surface area contributed by atoms with Crippen molar-refractivity contribution in [3.05, 3.63) is 49.4 Å². The van der Waals surface area contributed by atoms with E-state index < -0.39 is 5.97 Å². The Morgan fingerprint density at radius 3 is 2.44 bits per heavy atom. The molecule has 2 rings (SSSR count). The van der Waals surface area contributed by atoms with E-state index in [1.54, 1.807) is 20.0 Å². The molecule has 9 nitrogen and oxygen atoms in total. The summed E-state index contributed by atoms with van der Waals surface area (Å²) in [6.45, 7) is 8.65. The summed E-state index contributed by atoms with van der Waals surface area (Å²) in [6.07, 6.45) is 2.57. The molecule has 1 heterocycles. The SMILES string of the molecule is CCOC(=O)/C(C#N)=c1\s/c(=C\Nc2ccc(CCC(=O)NC(C)(C)CN(C)C)cc2)c(=O)n1CC. The van der Waals surface area contributed by atoms with Crippen molar-refractivity contribution in [3.63, 3.8) is 0 Å². The maximum atomic E-state index is 12.8. The minimum Gasteiger partial charge on any atom is -0.462 e. The Morgan fingerprint density at radius 1 is 1.22 bits per heavy atom. The maximum Gasteiger partial charge on any atom is 0.351 e. The van der Waals surface area contributed by atoms with Crippen LogP contribution in [-0.4, -0.2) is 54.1 Å². The van der Waals surface area contributed by atoms with Crippen molar-refractivity contribution in [1.29, 1.82) is 5.26 Å². The highest BCUT2D eigenvalue weighted by Gasteiger charge is 2.21. The summed E-state index contributed by atoms with van der Waals surface area (Å²) in [5.74, 6) is -0.733. The molecule has 2 aromatic rings. The fourth-order valence-electron chi connectivity index (χ4n) is 3.82. The molecule has 36 heavy (non-hydrogen) atoms. The number of hydrogen-bond donors (Lipinski definition) is 2. The molecule has 0 fully saturated rings. The Kier molecular flexibility index (Phi) is 10.4. The van der Waals surface area contributed by atoms with Crippen LogP contribution in [0.4, 0.5) is 5.69 Å². The number of aryl methyl sites for hydroxylation is 1. The van der Waals surface area contributed by atoms with Crippen molar-refractivity contribution in [2.75, 3.05) is 32.6 Å². The normalized spacial score (nSPS) is 12.8. The number of carbonyl (C=O) groups is 2. The van der Waals surface area contributed by atoms with Gasteiger partial charge in [-0.15, -0.1) is 11.3 Å². The number of ether oxygens (including phenoxy) is 1. The lowest BCUT2D eigenvalue weighted by Crippen LogP contribution is -2.50. The number of likely N-dealkylation sites (N-methyl/N-ethyl adjacent to an activating group) is 1. The van der Waals surface area contributed by atoms with E-state index in [9.17, 15) is 19.6 Å². The van der Waals surface area contributed by atoms with Gasteiger partial charge >= 0.3 is 5.97 Å². The first kappa shape index (κ1) is 28.8. The second kappa shape index (κ2) is 13.0. The fourth-order valence-corrected chi connectivity index (χ4v) is 4.90. The number of nitriles is 1. The van der Waals surface area contributed by atoms with Crippen LogP contribution >= 0.6 is 11.3 Å². The Morgan fingerprint density at radius 2 is 1.89 bits per heavy atom. The van der Waals surface area contributed by atoms with Crippen LogP contribution in [-0.2, 0) is 27.3 Å². The standard InChI is InChI=1S/C26H35N5O4S/c1-7-31-23(33)21(36-24(31)20(15-27)25(34)35-8-2)16-28-19-12-9-18(10-13-19)11-14-22(32)29-26(3,4)17-30(5)6/h9-10,12-13,16,28H,7-8,11,14,17H2,1-6H3,(H,29,32)/b21-16-,24-20-. The summed E-state index contributed by atoms with van der Waals surface area (Å²) in [7, 11) is 3.95. The predicted octanol–water partition coefficient (Wildman–Crippen LogP) is 1.41. The number of amides is 1. The van der Waals surface area contributed by atoms with E-state index in [4.69, 9.17) is 4.74 Å². The summed E-state index contributed by atoms with van der Waals surface area (Å²) in [5.41, 5.74) is 1.02. The van der Waals surface area contributed by atoms with Gasteiger partial charge in [-0.2, -0.15) is 5.26 Å². The highest BCUT2D eigenvalue weighted by molar-refractivity contribution is 7.07. The quantitative estimate of drug-likeness (QED) is 0.437. The van der Waals surface area contributed by atoms with E-state index in [-0.39, 0.29) is 33.8 Å². The number of aromatic nitrogens is 1. The third-order valence-electron chi connectivity index (χ3n) is 5.18. The van der Waals surface area contributed by atoms with Gasteiger partial charge in [-0.3, -0.25) is 14.2 Å². The molecule has 1 amide bonds. The Balaban J connectivity index is 2.13. The smallest absolute Gasteiger partial charge is 0.351 e. The van der Waals surface area contributed by atoms with Gasteiger partial charge in [0.15, 0.2) is 5.57 Å². The van der Waals surface area contributed by atoms with Crippen LogP contribution in [0, 0.1) is 11.3 Å². The first-order valence-electron chi connectivity index (χ1n) is 11.8. The number of benzene rings is 1. The summed E-state index contributed by atoms with van der Waals surface area (Å²) < 4.78 is 6.98. The van der Waals surface area contributed by atoms with Gasteiger partial charge in [0.2, 0.25) is 5.91 Å². The Labute approximate surface area is 215 Å². The van der Waals surface area contributed by atoms with Crippen molar-refractivity contribution < 1.29 is 14.3 Å². The molecule has 0 atom stereocenters. The molecule has 0 spiro atoms. The molecule has 0 unspecified atom stereocenters. The molecule has 1 aromatic heterocycles. The van der Waals surface area contributed by atoms with Crippen molar-refractivity contribution in [3.8, 4) is 6.07 Å². The zero-order chi connectivity index (χ0) is 26.9. The molecule has 0 saturated carbocycles. The number of nitrogens with zero attached hydrogens (tertiary/aromatic N) is 3. The number of anilines is 1. The Hall–Kier alpha value is -3.42. The fraction of sp³-hybridized carbons (Fsp3) is 0.462. The summed E-state index contributed by atoms with van der Waals surface area (Å²) in [4.78, 5) is 39.3. The number of nitrogens with one attached hydrogen (secondary N) is 2. The zero-order valence-electron chi connectivity index (χ0n) is 21.8. The van der Waals surface area contributed by atoms with Gasteiger partial charge in [0, 0.05) is 36.9 Å². The molecular formula is C26H35N5O4S. The zero-order valence-corrected chi connectivity index (χ0v) is 22.6. The van der Waals surface area contributed by atoms with Crippen molar-refractivity contribution in [2.45, 2.75) is 52.6 Å². The minimum absolute atomic E-state index is 0.00875. The lowest BCUT2D eigenvalue weighted by molar-refractivity contribution is -0.136. The number of thiazole rings is 1. The van der Waals surface area contributed by atoms with Gasteiger partial charge < -0.3 is 20.3 Å². The number of carbonyl (C=O) groups excluding carboxylic acids is 2. The van der Waals surface area contributed by atoms with Crippen LogP contribution in [0.3, 0.4) is 0 Å². The van der Waals surface area contributed by atoms with Crippen LogP contribution in [0.2, 0.25) is 0 Å². The van der Waals surface area contributed by atoms with E-state index in [1.165, 1.54) is 4.57 Å². The van der Waals surface area contributed by atoms with Crippen LogP contribution < -0.4 is 25.4 Å². The number of hydrogen-bond acceptors (Lipinski definition) is 8. The molecule has 0 aliphatic rings.